The summed E-state index contributed by atoms with van der Waals surface area (Å²) in [6, 6.07) is 128. The molecule has 0 bridgehead atoms. The summed E-state index contributed by atoms with van der Waals surface area (Å²) in [6.07, 6.45) is 0. The fourth-order valence-corrected chi connectivity index (χ4v) is 18.9. The molecule has 0 N–H and O–H groups in total. The lowest BCUT2D eigenvalue weighted by molar-refractivity contribution is 0.668. The van der Waals surface area contributed by atoms with Crippen LogP contribution < -0.4 is 0 Å². The van der Waals surface area contributed by atoms with E-state index in [2.05, 4.69) is 346 Å². The molecule has 0 aliphatic heterocycles. The van der Waals surface area contributed by atoms with Crippen LogP contribution in [0.3, 0.4) is 0 Å². The third-order valence-corrected chi connectivity index (χ3v) is 24.2. The first-order valence-corrected chi connectivity index (χ1v) is 39.1. The Bertz CT molecular complexity index is 7520. The van der Waals surface area contributed by atoms with Crippen molar-refractivity contribution in [2.45, 2.75) is 0 Å². The lowest BCUT2D eigenvalue weighted by Crippen LogP contribution is -2.01. The summed E-state index contributed by atoms with van der Waals surface area (Å²) in [6.45, 7) is 0. The third-order valence-electron chi connectivity index (χ3n) is 21.6. The molecule has 22 aromatic rings. The van der Waals surface area contributed by atoms with Gasteiger partial charge in [-0.15, -0.1) is 22.7 Å². The highest BCUT2D eigenvalue weighted by molar-refractivity contribution is 7.27. The van der Waals surface area contributed by atoms with Gasteiger partial charge in [0.05, 0.1) is 0 Å². The molecule has 0 amide bonds. The minimum Gasteiger partial charge on any atom is -0.456 e. The minimum absolute atomic E-state index is 0.536. The number of nitrogens with zero attached hydrogens (tertiary/aromatic N) is 6. The second-order valence-electron chi connectivity index (χ2n) is 28.3. The maximum atomic E-state index is 6.78. The number of fused-ring (bicyclic) bond motifs is 12. The van der Waals surface area contributed by atoms with Crippen molar-refractivity contribution in [2.75, 3.05) is 0 Å². The van der Waals surface area contributed by atoms with Gasteiger partial charge in [-0.3, -0.25) is 0 Å². The summed E-state index contributed by atoms with van der Waals surface area (Å²) in [5, 5.41) is 8.94. The maximum absolute atomic E-state index is 6.78. The topological polar surface area (TPSA) is 104 Å². The van der Waals surface area contributed by atoms with E-state index >= 15 is 0 Å². The number of rotatable bonds is 13. The van der Waals surface area contributed by atoms with Crippen molar-refractivity contribution in [3.8, 4) is 146 Å². The predicted octanol–water partition coefficient (Wildman–Crippen LogP) is 28.3. The molecular weight excluding hydrogens is 1410 g/mol. The largest absolute Gasteiger partial charge is 0.456 e. The third kappa shape index (κ3) is 11.3. The van der Waals surface area contributed by atoms with E-state index in [0.717, 1.165) is 133 Å². The molecule has 0 spiro atoms. The van der Waals surface area contributed by atoms with Gasteiger partial charge in [-0.2, -0.15) is 0 Å². The van der Waals surface area contributed by atoms with E-state index in [-0.39, 0.29) is 0 Å². The molecule has 0 aliphatic carbocycles. The molecule has 6 heterocycles. The van der Waals surface area contributed by atoms with Crippen LogP contribution in [0.25, 0.3) is 230 Å². The summed E-state index contributed by atoms with van der Waals surface area (Å²) < 4.78 is 18.6. The van der Waals surface area contributed by atoms with Crippen LogP contribution in [-0.4, -0.2) is 29.9 Å². The Morgan fingerprint density at radius 3 is 0.839 bits per heavy atom. The first-order valence-electron chi connectivity index (χ1n) is 37.4. The molecule has 0 fully saturated rings. The zero-order valence-electron chi connectivity index (χ0n) is 60.0. The Labute approximate surface area is 651 Å². The SMILES string of the molecule is c1ccc(-c2cccc(-c3nc(-c4cccc(-c5cccc6c5sc5c(-c7ccccc7)cccc56)c4)nc(-c4ccc5c(c4)oc4ccc(-c6ccc7oc8cc(-c9nc(-c%10cccc(-c%11cccc%12c%11sc%11c(-c%13ccccc%13)cccc%11%12)c%10)nc(-c%10ccccc%10-c%10ccccc%10)n9)ccc8c7c6)cc45)n3)c2)cc1. The van der Waals surface area contributed by atoms with Crippen molar-refractivity contribution in [3.05, 3.63) is 364 Å². The molecule has 0 unspecified atom stereocenters. The van der Waals surface area contributed by atoms with Gasteiger partial charge < -0.3 is 8.83 Å². The summed E-state index contributed by atoms with van der Waals surface area (Å²) >= 11 is 3.70. The molecule has 0 saturated heterocycles. The highest BCUT2D eigenvalue weighted by Crippen LogP contribution is 2.48. The zero-order valence-corrected chi connectivity index (χ0v) is 61.6. The van der Waals surface area contributed by atoms with Crippen LogP contribution in [0.2, 0.25) is 0 Å². The van der Waals surface area contributed by atoms with E-state index in [1.807, 2.05) is 40.9 Å². The van der Waals surface area contributed by atoms with Crippen molar-refractivity contribution < 1.29 is 8.83 Å². The van der Waals surface area contributed by atoms with E-state index in [0.29, 0.717) is 34.9 Å². The Balaban J connectivity index is 0.606. The monoisotopic (exact) mass is 1460 g/mol. The lowest BCUT2D eigenvalue weighted by Gasteiger charge is -2.12. The number of hydrogen-bond acceptors (Lipinski definition) is 10. The molecule has 16 aromatic carbocycles. The van der Waals surface area contributed by atoms with Gasteiger partial charge in [-0.1, -0.05) is 297 Å². The van der Waals surface area contributed by atoms with Gasteiger partial charge in [0.15, 0.2) is 34.9 Å². The first-order chi connectivity index (χ1) is 55.4. The highest BCUT2D eigenvalue weighted by atomic mass is 32.1. The second kappa shape index (κ2) is 26.8. The molecule has 0 aliphatic rings. The van der Waals surface area contributed by atoms with Crippen molar-refractivity contribution in [2.24, 2.45) is 0 Å². The van der Waals surface area contributed by atoms with Gasteiger partial charge >= 0.3 is 0 Å². The maximum Gasteiger partial charge on any atom is 0.164 e. The van der Waals surface area contributed by atoms with Crippen LogP contribution in [0.15, 0.2) is 373 Å². The smallest absolute Gasteiger partial charge is 0.164 e. The number of thiophene rings is 2. The van der Waals surface area contributed by atoms with E-state index in [9.17, 15) is 0 Å². The molecule has 112 heavy (non-hydrogen) atoms. The van der Waals surface area contributed by atoms with E-state index in [1.54, 1.807) is 0 Å². The Morgan fingerprint density at radius 2 is 0.429 bits per heavy atom. The molecule has 8 nitrogen and oxygen atoms in total. The Morgan fingerprint density at radius 1 is 0.152 bits per heavy atom. The zero-order chi connectivity index (χ0) is 73.7. The van der Waals surface area contributed by atoms with Crippen LogP contribution in [0, 0.1) is 0 Å². The Kier molecular flexibility index (Phi) is 15.5. The lowest BCUT2D eigenvalue weighted by atomic mass is 9.98. The first kappa shape index (κ1) is 64.7. The fraction of sp³-hybridized carbons (Fsp3) is 0. The highest BCUT2D eigenvalue weighted by Gasteiger charge is 2.23. The molecule has 522 valence electrons. The van der Waals surface area contributed by atoms with E-state index < -0.39 is 0 Å². The van der Waals surface area contributed by atoms with Gasteiger partial charge in [0.25, 0.3) is 0 Å². The summed E-state index contributed by atoms with van der Waals surface area (Å²) in [4.78, 5) is 32.0. The fourth-order valence-electron chi connectivity index (χ4n) is 16.2. The quantitative estimate of drug-likeness (QED) is 0.112. The van der Waals surface area contributed by atoms with Crippen LogP contribution in [0.5, 0.6) is 0 Å². The van der Waals surface area contributed by atoms with Gasteiger partial charge in [0.2, 0.25) is 0 Å². The van der Waals surface area contributed by atoms with E-state index in [4.69, 9.17) is 38.7 Å². The predicted molar refractivity (Wildman–Crippen MR) is 464 cm³/mol. The standard InChI is InChI=1S/C102H60N6O2S2/c1-5-22-61(23-6-1)65-30-15-33-70(54-65)97-103-98(71-34-16-31-68(55-71)78-40-20-44-84-82-42-18-38-76(93(82)111-95(78)84)63-26-9-3-10-27-63)105-100(104-97)73-46-50-80-87-57-66(48-52-89(87)109-91(80)59-73)67-49-53-90-88(58-67)81-51-47-74(60-92(81)110-90)101-106-99(107-102(108-101)86-37-14-13-36-75(86)62-24-7-2-8-25-62)72-35-17-32-69(56-72)79-41-21-45-85-83-43-19-39-77(94(83)112-96(79)85)64-28-11-4-12-29-64/h1-60H. The number of furan rings is 2. The Hall–Kier alpha value is -14.4. The summed E-state index contributed by atoms with van der Waals surface area (Å²) in [5.41, 5.74) is 23.9. The van der Waals surface area contributed by atoms with Crippen LogP contribution in [0.4, 0.5) is 0 Å². The number of hydrogen-bond donors (Lipinski definition) is 0. The molecule has 10 heteroatoms. The molecule has 0 atom stereocenters. The molecule has 0 radical (unpaired) electrons. The van der Waals surface area contributed by atoms with Crippen molar-refractivity contribution in [1.82, 2.24) is 29.9 Å². The number of aromatic nitrogens is 6. The number of benzene rings is 16. The normalized spacial score (nSPS) is 11.8. The van der Waals surface area contributed by atoms with Crippen LogP contribution in [-0.2, 0) is 0 Å². The van der Waals surface area contributed by atoms with Crippen LogP contribution >= 0.6 is 22.7 Å². The summed E-state index contributed by atoms with van der Waals surface area (Å²) in [5.74, 6) is 3.35. The van der Waals surface area contributed by atoms with Crippen molar-refractivity contribution >= 4 is 107 Å². The van der Waals surface area contributed by atoms with Gasteiger partial charge in [-0.05, 0) is 145 Å². The van der Waals surface area contributed by atoms with Crippen molar-refractivity contribution in [3.63, 3.8) is 0 Å². The molecule has 6 aromatic heterocycles. The molecule has 22 rings (SSSR count). The molecule has 0 saturated carbocycles. The van der Waals surface area contributed by atoms with Crippen LogP contribution in [0.1, 0.15) is 0 Å². The van der Waals surface area contributed by atoms with Crippen molar-refractivity contribution in [1.29, 1.82) is 0 Å². The van der Waals surface area contributed by atoms with Gasteiger partial charge in [-0.25, -0.2) is 29.9 Å². The van der Waals surface area contributed by atoms with E-state index in [1.165, 1.54) is 62.6 Å². The van der Waals surface area contributed by atoms with Gasteiger partial charge in [0.1, 0.15) is 22.3 Å². The average molecular weight is 1470 g/mol. The molecular formula is C102H60N6O2S2. The van der Waals surface area contributed by atoms with Gasteiger partial charge in [0, 0.05) is 95.3 Å². The minimum atomic E-state index is 0.536. The second-order valence-corrected chi connectivity index (χ2v) is 30.4. The summed E-state index contributed by atoms with van der Waals surface area (Å²) in [7, 11) is 0. The average Bonchev–Trinajstić information content (AvgIpc) is 1.60.